The van der Waals surface area contributed by atoms with Gasteiger partial charge in [0.1, 0.15) is 3.70 Å². The molecule has 2 heterocycles. The van der Waals surface area contributed by atoms with Crippen LogP contribution < -0.4 is 5.32 Å². The van der Waals surface area contributed by atoms with E-state index in [-0.39, 0.29) is 12.4 Å². The minimum absolute atomic E-state index is 0. The lowest BCUT2D eigenvalue weighted by Gasteiger charge is -1.85. The average Bonchev–Trinajstić information content (AvgIpc) is 2.35. The fourth-order valence-electron chi connectivity index (χ4n) is 1.01. The Hall–Kier alpha value is 0.190. The molecule has 2 N–H and O–H groups in total. The molecule has 0 aliphatic carbocycles. The average molecular weight is 271 g/mol. The Morgan fingerprint density at radius 1 is 1.40 bits per heavy atom. The van der Waals surface area contributed by atoms with E-state index < -0.39 is 0 Å². The summed E-state index contributed by atoms with van der Waals surface area (Å²) in [7, 11) is 0. The van der Waals surface area contributed by atoms with Gasteiger partial charge >= 0.3 is 0 Å². The largest absolute Gasteiger partial charge is 0.307 e. The molecule has 1 aromatic rings. The zero-order valence-electron chi connectivity index (χ0n) is 5.15. The third-order valence-corrected chi connectivity index (χ3v) is 2.40. The fourth-order valence-corrected chi connectivity index (χ4v) is 1.65. The first-order chi connectivity index (χ1) is 4.38. The van der Waals surface area contributed by atoms with Crippen molar-refractivity contribution in [2.24, 2.45) is 0 Å². The number of aromatic nitrogens is 2. The van der Waals surface area contributed by atoms with Crippen LogP contribution in [0.5, 0.6) is 0 Å². The molecule has 1 aliphatic rings. The van der Waals surface area contributed by atoms with Crippen LogP contribution >= 0.6 is 35.0 Å². The number of hydrogen-bond donors (Lipinski definition) is 2. The Labute approximate surface area is 78.5 Å². The van der Waals surface area contributed by atoms with Crippen LogP contribution in [0, 0.1) is 3.70 Å². The topological polar surface area (TPSA) is 40.7 Å². The molecule has 0 saturated carbocycles. The number of rotatable bonds is 0. The highest BCUT2D eigenvalue weighted by atomic mass is 127. The van der Waals surface area contributed by atoms with Crippen molar-refractivity contribution in [3.05, 3.63) is 15.0 Å². The molecular weight excluding hydrogens is 264 g/mol. The van der Waals surface area contributed by atoms with E-state index in [2.05, 4.69) is 38.1 Å². The van der Waals surface area contributed by atoms with Gasteiger partial charge in [-0.15, -0.1) is 12.4 Å². The molecule has 5 heteroatoms. The summed E-state index contributed by atoms with van der Waals surface area (Å²) in [5.74, 6) is 0. The molecule has 1 aromatic heterocycles. The van der Waals surface area contributed by atoms with Crippen molar-refractivity contribution in [2.75, 3.05) is 0 Å². The van der Waals surface area contributed by atoms with Gasteiger partial charge in [0.25, 0.3) is 0 Å². The Kier molecular flexibility index (Phi) is 2.54. The van der Waals surface area contributed by atoms with Crippen molar-refractivity contribution in [3.8, 4) is 0 Å². The predicted octanol–water partition coefficient (Wildman–Crippen LogP) is 1.04. The number of nitrogens with one attached hydrogen (secondary N) is 2. The smallest absolute Gasteiger partial charge is 0.127 e. The summed E-state index contributed by atoms with van der Waals surface area (Å²) in [5, 5.41) is 10.3. The summed E-state index contributed by atoms with van der Waals surface area (Å²) in [4.78, 5) is 0. The van der Waals surface area contributed by atoms with E-state index in [1.807, 2.05) is 0 Å². The highest BCUT2D eigenvalue weighted by molar-refractivity contribution is 14.1. The molecule has 10 heavy (non-hydrogen) atoms. The number of hydrogen-bond acceptors (Lipinski definition) is 2. The van der Waals surface area contributed by atoms with Gasteiger partial charge in [-0.1, -0.05) is 0 Å². The molecule has 3 nitrogen and oxygen atoms in total. The van der Waals surface area contributed by atoms with Crippen LogP contribution in [0.4, 0.5) is 0 Å². The number of fused-ring (bicyclic) bond motifs is 1. The molecule has 0 unspecified atom stereocenters. The van der Waals surface area contributed by atoms with Gasteiger partial charge in [-0.25, -0.2) is 0 Å². The van der Waals surface area contributed by atoms with E-state index in [4.69, 9.17) is 0 Å². The first-order valence-corrected chi connectivity index (χ1v) is 3.88. The SMILES string of the molecule is Cl.Ic1n[nH]c2c1CNC2. The number of H-pyrrole nitrogens is 1. The van der Waals surface area contributed by atoms with Crippen LogP contribution in [0.15, 0.2) is 0 Å². The third-order valence-electron chi connectivity index (χ3n) is 1.51. The molecule has 56 valence electrons. The number of nitrogens with zero attached hydrogens (tertiary/aromatic N) is 1. The maximum absolute atomic E-state index is 4.06. The Morgan fingerprint density at radius 2 is 2.20 bits per heavy atom. The molecule has 0 fully saturated rings. The second-order valence-corrected chi connectivity index (χ2v) is 3.10. The van der Waals surface area contributed by atoms with E-state index in [0.29, 0.717) is 0 Å². The molecular formula is C5H7ClIN3. The molecule has 0 spiro atoms. The second kappa shape index (κ2) is 3.06. The predicted molar refractivity (Wildman–Crippen MR) is 49.1 cm³/mol. The van der Waals surface area contributed by atoms with E-state index >= 15 is 0 Å². The lowest BCUT2D eigenvalue weighted by atomic mass is 10.3. The zero-order chi connectivity index (χ0) is 6.27. The molecule has 0 aromatic carbocycles. The van der Waals surface area contributed by atoms with Crippen LogP contribution in [-0.4, -0.2) is 10.2 Å². The second-order valence-electron chi connectivity index (χ2n) is 2.08. The van der Waals surface area contributed by atoms with E-state index in [9.17, 15) is 0 Å². The maximum Gasteiger partial charge on any atom is 0.127 e. The quantitative estimate of drug-likeness (QED) is 0.692. The van der Waals surface area contributed by atoms with E-state index in [1.165, 1.54) is 11.3 Å². The van der Waals surface area contributed by atoms with Gasteiger partial charge in [-0.2, -0.15) is 5.10 Å². The lowest BCUT2D eigenvalue weighted by Crippen LogP contribution is -2.02. The number of halogens is 2. The Balaban J connectivity index is 0.000000500. The van der Waals surface area contributed by atoms with E-state index in [0.717, 1.165) is 16.8 Å². The normalized spacial score (nSPS) is 14.5. The van der Waals surface area contributed by atoms with Crippen molar-refractivity contribution >= 4 is 35.0 Å². The summed E-state index contributed by atoms with van der Waals surface area (Å²) < 4.78 is 1.10. The van der Waals surface area contributed by atoms with Crippen molar-refractivity contribution < 1.29 is 0 Å². The minimum Gasteiger partial charge on any atom is -0.307 e. The van der Waals surface area contributed by atoms with Crippen LogP contribution in [0.25, 0.3) is 0 Å². The van der Waals surface area contributed by atoms with Gasteiger partial charge in [0, 0.05) is 18.7 Å². The summed E-state index contributed by atoms with van der Waals surface area (Å²) in [5.41, 5.74) is 2.59. The van der Waals surface area contributed by atoms with Gasteiger partial charge in [-0.3, -0.25) is 5.10 Å². The highest BCUT2D eigenvalue weighted by Crippen LogP contribution is 2.17. The Bertz CT molecular complexity index is 235. The first kappa shape index (κ1) is 8.29. The number of aromatic amines is 1. The molecule has 0 saturated heterocycles. The molecule has 0 atom stereocenters. The van der Waals surface area contributed by atoms with Gasteiger partial charge in [0.2, 0.25) is 0 Å². The molecule has 0 amide bonds. The standard InChI is InChI=1S/C5H6IN3.ClH/c6-5-3-1-7-2-4(3)8-9-5;/h7H,1-2H2,(H,8,9);1H. The molecule has 0 bridgehead atoms. The summed E-state index contributed by atoms with van der Waals surface area (Å²) in [6.45, 7) is 1.93. The monoisotopic (exact) mass is 271 g/mol. The minimum atomic E-state index is 0. The highest BCUT2D eigenvalue weighted by Gasteiger charge is 2.15. The van der Waals surface area contributed by atoms with Crippen molar-refractivity contribution in [3.63, 3.8) is 0 Å². The van der Waals surface area contributed by atoms with Gasteiger partial charge < -0.3 is 5.32 Å². The third kappa shape index (κ3) is 1.15. The fraction of sp³-hybridized carbons (Fsp3) is 0.400. The van der Waals surface area contributed by atoms with Gasteiger partial charge in [-0.05, 0) is 22.6 Å². The molecule has 0 radical (unpaired) electrons. The summed E-state index contributed by atoms with van der Waals surface area (Å²) in [6, 6.07) is 0. The summed E-state index contributed by atoms with van der Waals surface area (Å²) in [6.07, 6.45) is 0. The van der Waals surface area contributed by atoms with Crippen molar-refractivity contribution in [1.29, 1.82) is 0 Å². The Morgan fingerprint density at radius 3 is 2.90 bits per heavy atom. The van der Waals surface area contributed by atoms with Gasteiger partial charge in [0.15, 0.2) is 0 Å². The molecule has 2 rings (SSSR count). The van der Waals surface area contributed by atoms with Crippen molar-refractivity contribution in [2.45, 2.75) is 13.1 Å². The van der Waals surface area contributed by atoms with E-state index in [1.54, 1.807) is 0 Å². The van der Waals surface area contributed by atoms with Crippen LogP contribution in [0.3, 0.4) is 0 Å². The summed E-state index contributed by atoms with van der Waals surface area (Å²) >= 11 is 2.24. The van der Waals surface area contributed by atoms with Crippen LogP contribution in [-0.2, 0) is 13.1 Å². The first-order valence-electron chi connectivity index (χ1n) is 2.80. The van der Waals surface area contributed by atoms with Crippen LogP contribution in [0.2, 0.25) is 0 Å². The van der Waals surface area contributed by atoms with Crippen LogP contribution in [0.1, 0.15) is 11.3 Å². The zero-order valence-corrected chi connectivity index (χ0v) is 8.12. The maximum atomic E-state index is 4.06. The molecule has 1 aliphatic heterocycles. The van der Waals surface area contributed by atoms with Gasteiger partial charge in [0.05, 0.1) is 5.69 Å². The van der Waals surface area contributed by atoms with Crippen molar-refractivity contribution in [1.82, 2.24) is 15.5 Å². The lowest BCUT2D eigenvalue weighted by molar-refractivity contribution is 0.738.